The summed E-state index contributed by atoms with van der Waals surface area (Å²) in [5.41, 5.74) is 0. The fourth-order valence-electron chi connectivity index (χ4n) is 1.29. The predicted molar refractivity (Wildman–Crippen MR) is 54.5 cm³/mol. The molecule has 0 atom stereocenters. The first-order chi connectivity index (χ1) is 6.20. The van der Waals surface area contributed by atoms with Gasteiger partial charge in [0.25, 0.3) is 0 Å². The van der Waals surface area contributed by atoms with Crippen LogP contribution in [-0.2, 0) is 0 Å². The summed E-state index contributed by atoms with van der Waals surface area (Å²) in [6.07, 6.45) is 3.40. The molecule has 0 bridgehead atoms. The molecule has 80 valence electrons. The van der Waals surface area contributed by atoms with Gasteiger partial charge in [0.05, 0.1) is 0 Å². The molecule has 0 aromatic carbocycles. The molecule has 13 heavy (non-hydrogen) atoms. The van der Waals surface area contributed by atoms with Crippen molar-refractivity contribution in [3.63, 3.8) is 0 Å². The van der Waals surface area contributed by atoms with Crippen molar-refractivity contribution in [2.45, 2.75) is 45.8 Å². The first kappa shape index (κ1) is 12.9. The number of nitrogens with zero attached hydrogens (tertiary/aromatic N) is 1. The highest BCUT2D eigenvalue weighted by atomic mass is 16.5. The predicted octanol–water partition coefficient (Wildman–Crippen LogP) is 1.20. The molecule has 0 heterocycles. The summed E-state index contributed by atoms with van der Waals surface area (Å²) in [5.74, 6) is 0. The zero-order chi connectivity index (χ0) is 10.1. The summed E-state index contributed by atoms with van der Waals surface area (Å²) >= 11 is 0. The molecule has 0 aliphatic heterocycles. The molecular weight excluding hydrogens is 166 g/mol. The summed E-state index contributed by atoms with van der Waals surface area (Å²) in [5, 5.41) is 17.7. The van der Waals surface area contributed by atoms with Crippen LogP contribution in [0.3, 0.4) is 0 Å². The SMILES string of the molecule is CCCCN(CCCC)CC(O)O. The molecule has 0 aromatic heterocycles. The Kier molecular flexibility index (Phi) is 8.40. The highest BCUT2D eigenvalue weighted by molar-refractivity contribution is 4.58. The first-order valence-electron chi connectivity index (χ1n) is 5.29. The van der Waals surface area contributed by atoms with Gasteiger partial charge in [-0.3, -0.25) is 4.90 Å². The normalized spacial score (nSPS) is 11.5. The average molecular weight is 189 g/mol. The van der Waals surface area contributed by atoms with Gasteiger partial charge in [-0.25, -0.2) is 0 Å². The second-order valence-corrected chi connectivity index (χ2v) is 3.49. The van der Waals surface area contributed by atoms with Gasteiger partial charge in [-0.15, -0.1) is 0 Å². The summed E-state index contributed by atoms with van der Waals surface area (Å²) in [7, 11) is 0. The Bertz CT molecular complexity index is 99.1. The minimum atomic E-state index is -1.19. The van der Waals surface area contributed by atoms with E-state index in [1.54, 1.807) is 0 Å². The molecule has 0 saturated heterocycles. The van der Waals surface area contributed by atoms with Gasteiger partial charge in [0.2, 0.25) is 0 Å². The fraction of sp³-hybridized carbons (Fsp3) is 1.00. The van der Waals surface area contributed by atoms with Gasteiger partial charge in [-0.2, -0.15) is 0 Å². The monoisotopic (exact) mass is 189 g/mol. The topological polar surface area (TPSA) is 43.7 Å². The van der Waals surface area contributed by atoms with E-state index in [2.05, 4.69) is 18.7 Å². The van der Waals surface area contributed by atoms with Crippen LogP contribution in [0.1, 0.15) is 39.5 Å². The molecule has 0 aromatic rings. The van der Waals surface area contributed by atoms with Crippen molar-refractivity contribution in [2.75, 3.05) is 19.6 Å². The van der Waals surface area contributed by atoms with Gasteiger partial charge in [0.1, 0.15) is 0 Å². The highest BCUT2D eigenvalue weighted by Gasteiger charge is 2.07. The Morgan fingerprint density at radius 2 is 1.46 bits per heavy atom. The van der Waals surface area contributed by atoms with Gasteiger partial charge in [-0.1, -0.05) is 26.7 Å². The van der Waals surface area contributed by atoms with Gasteiger partial charge in [0.15, 0.2) is 6.29 Å². The molecular formula is C10H23NO2. The Morgan fingerprint density at radius 3 is 1.77 bits per heavy atom. The highest BCUT2D eigenvalue weighted by Crippen LogP contribution is 1.99. The van der Waals surface area contributed by atoms with E-state index in [9.17, 15) is 0 Å². The van der Waals surface area contributed by atoms with Crippen LogP contribution < -0.4 is 0 Å². The van der Waals surface area contributed by atoms with Crippen LogP contribution in [0.2, 0.25) is 0 Å². The molecule has 0 amide bonds. The van der Waals surface area contributed by atoms with Crippen LogP contribution in [0.25, 0.3) is 0 Å². The van der Waals surface area contributed by atoms with Crippen LogP contribution in [-0.4, -0.2) is 41.0 Å². The van der Waals surface area contributed by atoms with Crippen LogP contribution in [0.4, 0.5) is 0 Å². The number of hydrogen-bond donors (Lipinski definition) is 2. The maximum absolute atomic E-state index is 8.84. The molecule has 0 aliphatic rings. The molecule has 3 nitrogen and oxygen atoms in total. The lowest BCUT2D eigenvalue weighted by Crippen LogP contribution is -2.33. The van der Waals surface area contributed by atoms with E-state index in [0.717, 1.165) is 38.8 Å². The lowest BCUT2D eigenvalue weighted by molar-refractivity contribution is -0.0615. The Balaban J connectivity index is 3.60. The summed E-state index contributed by atoms with van der Waals surface area (Å²) in [4.78, 5) is 2.12. The molecule has 0 rings (SSSR count). The summed E-state index contributed by atoms with van der Waals surface area (Å²) in [6, 6.07) is 0. The maximum atomic E-state index is 8.84. The van der Waals surface area contributed by atoms with Gasteiger partial charge >= 0.3 is 0 Å². The van der Waals surface area contributed by atoms with Crippen molar-refractivity contribution in [1.82, 2.24) is 4.90 Å². The van der Waals surface area contributed by atoms with Crippen LogP contribution in [0.5, 0.6) is 0 Å². The van der Waals surface area contributed by atoms with Crippen LogP contribution in [0.15, 0.2) is 0 Å². The maximum Gasteiger partial charge on any atom is 0.164 e. The quantitative estimate of drug-likeness (QED) is 0.564. The summed E-state index contributed by atoms with van der Waals surface area (Å²) < 4.78 is 0. The summed E-state index contributed by atoms with van der Waals surface area (Å²) in [6.45, 7) is 6.64. The van der Waals surface area contributed by atoms with Crippen molar-refractivity contribution < 1.29 is 10.2 Å². The number of aliphatic hydroxyl groups excluding tert-OH is 1. The van der Waals surface area contributed by atoms with Crippen LogP contribution in [0, 0.1) is 0 Å². The molecule has 0 unspecified atom stereocenters. The zero-order valence-electron chi connectivity index (χ0n) is 8.87. The zero-order valence-corrected chi connectivity index (χ0v) is 8.87. The average Bonchev–Trinajstić information content (AvgIpc) is 2.09. The minimum absolute atomic E-state index is 0.389. The first-order valence-corrected chi connectivity index (χ1v) is 5.29. The van der Waals surface area contributed by atoms with Gasteiger partial charge in [-0.05, 0) is 25.9 Å². The molecule has 3 heteroatoms. The van der Waals surface area contributed by atoms with Crippen molar-refractivity contribution >= 4 is 0 Å². The van der Waals surface area contributed by atoms with E-state index < -0.39 is 6.29 Å². The van der Waals surface area contributed by atoms with Gasteiger partial charge in [0, 0.05) is 6.54 Å². The van der Waals surface area contributed by atoms with Crippen molar-refractivity contribution in [3.05, 3.63) is 0 Å². The van der Waals surface area contributed by atoms with E-state index >= 15 is 0 Å². The fourth-order valence-corrected chi connectivity index (χ4v) is 1.29. The molecule has 0 fully saturated rings. The standard InChI is InChI=1S/C10H23NO2/c1-3-5-7-11(8-6-4-2)9-10(12)13/h10,12-13H,3-9H2,1-2H3. The van der Waals surface area contributed by atoms with E-state index in [-0.39, 0.29) is 0 Å². The van der Waals surface area contributed by atoms with Crippen molar-refractivity contribution in [1.29, 1.82) is 0 Å². The number of aliphatic hydroxyl groups is 2. The molecule has 0 radical (unpaired) electrons. The third kappa shape index (κ3) is 8.22. The second-order valence-electron chi connectivity index (χ2n) is 3.49. The molecule has 2 N–H and O–H groups in total. The third-order valence-electron chi connectivity index (χ3n) is 2.08. The third-order valence-corrected chi connectivity index (χ3v) is 2.08. The molecule has 0 aliphatic carbocycles. The van der Waals surface area contributed by atoms with E-state index in [1.165, 1.54) is 0 Å². The van der Waals surface area contributed by atoms with Crippen LogP contribution >= 0.6 is 0 Å². The lowest BCUT2D eigenvalue weighted by Gasteiger charge is -2.22. The number of unbranched alkanes of at least 4 members (excludes halogenated alkanes) is 2. The Labute approximate surface area is 81.4 Å². The van der Waals surface area contributed by atoms with Gasteiger partial charge < -0.3 is 10.2 Å². The van der Waals surface area contributed by atoms with Crippen molar-refractivity contribution in [3.8, 4) is 0 Å². The Hall–Kier alpha value is -0.120. The smallest absolute Gasteiger partial charge is 0.164 e. The largest absolute Gasteiger partial charge is 0.367 e. The minimum Gasteiger partial charge on any atom is -0.367 e. The number of rotatable bonds is 8. The molecule has 0 spiro atoms. The van der Waals surface area contributed by atoms with Crippen molar-refractivity contribution in [2.24, 2.45) is 0 Å². The lowest BCUT2D eigenvalue weighted by atomic mass is 10.2. The van der Waals surface area contributed by atoms with E-state index in [4.69, 9.17) is 10.2 Å². The second kappa shape index (κ2) is 8.48. The Morgan fingerprint density at radius 1 is 1.00 bits per heavy atom. The number of hydrogen-bond acceptors (Lipinski definition) is 3. The van der Waals surface area contributed by atoms with E-state index in [0.29, 0.717) is 6.54 Å². The van der Waals surface area contributed by atoms with E-state index in [1.807, 2.05) is 0 Å². The molecule has 0 saturated carbocycles.